The van der Waals surface area contributed by atoms with Crippen LogP contribution in [-0.4, -0.2) is 94.1 Å². The molecule has 0 aromatic heterocycles. The Labute approximate surface area is 361 Å². The van der Waals surface area contributed by atoms with Crippen LogP contribution in [0, 0.1) is 0 Å². The molecular formula is C45H50F3N7O8. The fourth-order valence-electron chi connectivity index (χ4n) is 12.4. The van der Waals surface area contributed by atoms with Gasteiger partial charge in [-0.3, -0.25) is 19.4 Å². The smallest absolute Gasteiger partial charge is 0.375 e. The van der Waals surface area contributed by atoms with Crippen molar-refractivity contribution in [3.63, 3.8) is 0 Å². The molecule has 7 aliphatic rings. The Bertz CT molecular complexity index is 2230. The van der Waals surface area contributed by atoms with Gasteiger partial charge in [0.2, 0.25) is 11.1 Å². The Morgan fingerprint density at radius 3 is 1.25 bits per heavy atom. The Morgan fingerprint density at radius 1 is 0.571 bits per heavy atom. The van der Waals surface area contributed by atoms with Crippen molar-refractivity contribution in [3.8, 4) is 0 Å². The van der Waals surface area contributed by atoms with Gasteiger partial charge in [-0.1, -0.05) is 62.4 Å². The van der Waals surface area contributed by atoms with Gasteiger partial charge in [0.15, 0.2) is 0 Å². The maximum Gasteiger partial charge on any atom is 0.416 e. The molecule has 4 amide bonds. The number of fused-ring (bicyclic) bond motifs is 6. The van der Waals surface area contributed by atoms with Crippen molar-refractivity contribution >= 4 is 41.6 Å². The number of alkyl halides is 3. The van der Waals surface area contributed by atoms with Crippen molar-refractivity contribution in [2.24, 2.45) is 22.9 Å². The van der Waals surface area contributed by atoms with Gasteiger partial charge >= 0.3 is 30.3 Å². The summed E-state index contributed by atoms with van der Waals surface area (Å²) in [6.07, 6.45) is -4.76. The zero-order chi connectivity index (χ0) is 45.4. The number of likely N-dealkylation sites (tertiary alicyclic amines) is 2. The average molecular weight is 874 g/mol. The molecule has 3 aliphatic heterocycles. The molecule has 4 bridgehead atoms. The number of benzene rings is 3. The highest BCUT2D eigenvalue weighted by Gasteiger charge is 2.70. The zero-order valence-corrected chi connectivity index (χ0v) is 34.9. The van der Waals surface area contributed by atoms with Crippen LogP contribution in [0.3, 0.4) is 0 Å². The Kier molecular flexibility index (Phi) is 10.6. The third-order valence-electron chi connectivity index (χ3n) is 14.9. The highest BCUT2D eigenvalue weighted by Crippen LogP contribution is 2.53. The lowest BCUT2D eigenvalue weighted by atomic mass is 9.59. The SMILES string of the molecule is CC1([C@](C(N)=O)(C(=O)OC(N)=O)N2CCCC2C2CC[C@@H](C3CCCN3[C@@](C(N)=O)(C(=O)OC(N)=O)C3(C)Cc4ccc3cc4)N2c2ccc(C(F)(F)F)cc2)Cc2ccc1cc2. The summed E-state index contributed by atoms with van der Waals surface area (Å²) in [5, 5.41) is 0. The van der Waals surface area contributed by atoms with E-state index in [2.05, 4.69) is 0 Å². The number of hydrogen-bond donors (Lipinski definition) is 4. The molecule has 63 heavy (non-hydrogen) atoms. The molecule has 18 heteroatoms. The molecule has 4 aliphatic carbocycles. The van der Waals surface area contributed by atoms with Gasteiger partial charge in [0, 0.05) is 53.8 Å². The van der Waals surface area contributed by atoms with Gasteiger partial charge < -0.3 is 37.3 Å². The molecule has 3 saturated heterocycles. The summed E-state index contributed by atoms with van der Waals surface area (Å²) in [5.74, 6) is -4.64. The van der Waals surface area contributed by atoms with E-state index >= 15 is 0 Å². The van der Waals surface area contributed by atoms with Gasteiger partial charge in [0.1, 0.15) is 0 Å². The van der Waals surface area contributed by atoms with E-state index in [1.165, 1.54) is 12.1 Å². The number of nitrogens with zero attached hydrogens (tertiary/aromatic N) is 3. The van der Waals surface area contributed by atoms with Gasteiger partial charge in [-0.05, 0) is 97.9 Å². The number of anilines is 1. The molecule has 8 atom stereocenters. The molecule has 15 nitrogen and oxygen atoms in total. The molecular weight excluding hydrogens is 824 g/mol. The maximum absolute atomic E-state index is 14.6. The molecule has 5 unspecified atom stereocenters. The number of carbonyl (C=O) groups is 6. The van der Waals surface area contributed by atoms with Crippen LogP contribution < -0.4 is 27.8 Å². The first-order valence-corrected chi connectivity index (χ1v) is 21.0. The average Bonchev–Trinajstić information content (AvgIpc) is 3.99. The first kappa shape index (κ1) is 43.6. The minimum Gasteiger partial charge on any atom is -0.375 e. The number of amides is 4. The van der Waals surface area contributed by atoms with E-state index < -0.39 is 93.8 Å². The van der Waals surface area contributed by atoms with Crippen molar-refractivity contribution in [2.75, 3.05) is 18.0 Å². The molecule has 8 N–H and O–H groups in total. The van der Waals surface area contributed by atoms with Crippen LogP contribution >= 0.6 is 0 Å². The number of carbonyl (C=O) groups excluding carboxylic acids is 6. The van der Waals surface area contributed by atoms with Gasteiger partial charge in [-0.15, -0.1) is 0 Å². The fourth-order valence-corrected chi connectivity index (χ4v) is 12.4. The molecule has 0 saturated carbocycles. The van der Waals surface area contributed by atoms with Crippen molar-refractivity contribution < 1.29 is 51.4 Å². The topological polar surface area (TPSA) is 235 Å². The predicted octanol–water partition coefficient (Wildman–Crippen LogP) is 3.69. The van der Waals surface area contributed by atoms with Gasteiger partial charge in [-0.25, -0.2) is 19.2 Å². The molecule has 334 valence electrons. The van der Waals surface area contributed by atoms with Crippen LogP contribution in [0.15, 0.2) is 72.8 Å². The number of ether oxygens (including phenoxy) is 2. The first-order valence-electron chi connectivity index (χ1n) is 21.0. The lowest BCUT2D eigenvalue weighted by Gasteiger charge is -2.55. The number of rotatable bonds is 11. The highest BCUT2D eigenvalue weighted by molar-refractivity contribution is 6.12. The standard InChI is InChI=1S/C45H50F3N7O8/c1-41(23-25-7-11-27(41)12-8-25)43(35(49)56,37(58)62-39(51)60)53-21-3-5-31(53)33-19-20-34(55(33)30-17-15-29(16-18-30)45(46,47)48)32-6-4-22-54(32)44(36(50)57,38(59)63-40(52)61)42(2)24-26-9-13-28(42)14-10-26/h7-18,31-34H,3-6,19-24H2,1-2H3,(H2,49,56)(H2,50,57)(H2,51,60)(H2,52,61)/t31?,32?,33-,34?,41?,42?,43-,44-/m0/s1. The number of esters is 2. The summed E-state index contributed by atoms with van der Waals surface area (Å²) < 4.78 is 52.4. The molecule has 3 fully saturated rings. The molecule has 10 rings (SSSR count). The monoisotopic (exact) mass is 873 g/mol. The minimum atomic E-state index is -4.66. The van der Waals surface area contributed by atoms with E-state index in [1.807, 2.05) is 29.2 Å². The van der Waals surface area contributed by atoms with E-state index in [0.717, 1.165) is 23.3 Å². The Balaban J connectivity index is 1.28. The van der Waals surface area contributed by atoms with Crippen molar-refractivity contribution in [1.29, 1.82) is 0 Å². The minimum absolute atomic E-state index is 0.144. The third kappa shape index (κ3) is 6.46. The number of halogens is 3. The Morgan fingerprint density at radius 2 is 0.952 bits per heavy atom. The highest BCUT2D eigenvalue weighted by atomic mass is 19.4. The Hall–Kier alpha value is -6.01. The van der Waals surface area contributed by atoms with Crippen LogP contribution in [0.5, 0.6) is 0 Å². The van der Waals surface area contributed by atoms with Crippen molar-refractivity contribution in [2.45, 2.75) is 117 Å². The molecule has 3 heterocycles. The largest absolute Gasteiger partial charge is 0.416 e. The van der Waals surface area contributed by atoms with Crippen LogP contribution in [-0.2, 0) is 58.5 Å². The van der Waals surface area contributed by atoms with Crippen molar-refractivity contribution in [3.05, 3.63) is 101 Å². The second-order valence-corrected chi connectivity index (χ2v) is 17.9. The number of nitrogens with two attached hydrogens (primary N) is 4. The molecule has 3 aromatic rings. The first-order chi connectivity index (χ1) is 29.7. The fraction of sp³-hybridized carbons (Fsp3) is 0.467. The quantitative estimate of drug-likeness (QED) is 0.160. The van der Waals surface area contributed by atoms with Crippen LogP contribution in [0.25, 0.3) is 0 Å². The van der Waals surface area contributed by atoms with E-state index in [1.54, 1.807) is 47.9 Å². The maximum atomic E-state index is 14.6. The van der Waals surface area contributed by atoms with Gasteiger partial charge in [-0.2, -0.15) is 13.2 Å². The summed E-state index contributed by atoms with van der Waals surface area (Å²) in [7, 11) is 0. The van der Waals surface area contributed by atoms with Crippen LogP contribution in [0.2, 0.25) is 0 Å². The lowest BCUT2D eigenvalue weighted by molar-refractivity contribution is -0.167. The second-order valence-electron chi connectivity index (χ2n) is 17.9. The lowest BCUT2D eigenvalue weighted by Crippen LogP contribution is -2.76. The third-order valence-corrected chi connectivity index (χ3v) is 14.9. The summed E-state index contributed by atoms with van der Waals surface area (Å²) in [6, 6.07) is 16.5. The number of primary amides is 4. The van der Waals surface area contributed by atoms with E-state index in [4.69, 9.17) is 32.4 Å². The van der Waals surface area contributed by atoms with E-state index in [0.29, 0.717) is 55.3 Å². The van der Waals surface area contributed by atoms with Crippen LogP contribution in [0.4, 0.5) is 28.4 Å². The zero-order valence-electron chi connectivity index (χ0n) is 34.9. The van der Waals surface area contributed by atoms with E-state index in [-0.39, 0.29) is 25.9 Å². The molecule has 3 aromatic carbocycles. The predicted molar refractivity (Wildman–Crippen MR) is 220 cm³/mol. The molecule has 0 spiro atoms. The van der Waals surface area contributed by atoms with Gasteiger partial charge in [0.05, 0.1) is 5.56 Å². The van der Waals surface area contributed by atoms with Crippen LogP contribution in [0.1, 0.15) is 80.2 Å². The number of hydrogen-bond acceptors (Lipinski definition) is 11. The van der Waals surface area contributed by atoms with E-state index in [9.17, 15) is 41.9 Å². The van der Waals surface area contributed by atoms with Gasteiger partial charge in [0.25, 0.3) is 11.8 Å². The summed E-state index contributed by atoms with van der Waals surface area (Å²) in [6.45, 7) is 3.72. The summed E-state index contributed by atoms with van der Waals surface area (Å²) in [4.78, 5) is 87.8. The summed E-state index contributed by atoms with van der Waals surface area (Å²) in [5.41, 5.74) is 18.5. The second kappa shape index (κ2) is 15.4. The van der Waals surface area contributed by atoms with Crippen molar-refractivity contribution in [1.82, 2.24) is 9.80 Å². The summed E-state index contributed by atoms with van der Waals surface area (Å²) >= 11 is 0. The normalized spacial score (nSPS) is 28.6. The molecule has 0 radical (unpaired) electrons.